The Hall–Kier alpha value is -4.18. The molecular weight excluding hydrogens is 492 g/mol. The largest absolute Gasteiger partial charge is 0.448 e. The van der Waals surface area contributed by atoms with Gasteiger partial charge in [0, 0.05) is 23.1 Å². The van der Waals surface area contributed by atoms with Crippen molar-refractivity contribution >= 4 is 15.9 Å². The molecule has 0 bridgehead atoms. The van der Waals surface area contributed by atoms with E-state index in [9.17, 15) is 8.42 Å². The van der Waals surface area contributed by atoms with Gasteiger partial charge in [-0.15, -0.1) is 0 Å². The lowest BCUT2D eigenvalue weighted by molar-refractivity contribution is 0.430. The van der Waals surface area contributed by atoms with E-state index < -0.39 is 10.0 Å². The standard InChI is InChI=1S/C27H26N4O5S/c1-16(2)23-15-35-25(29-23)14-20-13-19(27-28-11-12-34-27)9-10-21(20)22-7-5-6-8-24(22)37(32,33)31-26-17(3)18(4)30-36-26/h5-13,15-16,31H,14H2,1-4H3. The second-order valence-electron chi connectivity index (χ2n) is 9.03. The topological polar surface area (TPSA) is 124 Å². The van der Waals surface area contributed by atoms with E-state index in [0.29, 0.717) is 40.6 Å². The molecule has 0 amide bonds. The van der Waals surface area contributed by atoms with E-state index in [2.05, 4.69) is 19.8 Å². The van der Waals surface area contributed by atoms with Crippen LogP contribution in [0.15, 0.2) is 79.4 Å². The number of hydrogen-bond acceptors (Lipinski definition) is 8. The Kier molecular flexibility index (Phi) is 6.43. The summed E-state index contributed by atoms with van der Waals surface area (Å²) in [5.74, 6) is 1.30. The van der Waals surface area contributed by atoms with Gasteiger partial charge in [0.2, 0.25) is 11.8 Å². The minimum Gasteiger partial charge on any atom is -0.448 e. The number of aryl methyl sites for hydroxylation is 1. The molecule has 0 spiro atoms. The fraction of sp³-hybridized carbons (Fsp3) is 0.222. The number of rotatable bonds is 8. The SMILES string of the molecule is Cc1noc(NS(=O)(=O)c2ccccc2-c2ccc(-c3ncco3)cc2Cc2nc(C(C)C)co2)c1C. The van der Waals surface area contributed by atoms with Gasteiger partial charge in [0.25, 0.3) is 10.0 Å². The third kappa shape index (κ3) is 4.92. The zero-order chi connectivity index (χ0) is 26.2. The number of anilines is 1. The van der Waals surface area contributed by atoms with Crippen molar-refractivity contribution in [2.45, 2.75) is 44.9 Å². The molecule has 0 aliphatic carbocycles. The third-order valence-corrected chi connectivity index (χ3v) is 7.53. The average Bonchev–Trinajstić information content (AvgIpc) is 3.64. The maximum Gasteiger partial charge on any atom is 0.264 e. The number of benzene rings is 2. The summed E-state index contributed by atoms with van der Waals surface area (Å²) in [6.45, 7) is 7.58. The van der Waals surface area contributed by atoms with Crippen LogP contribution in [0, 0.1) is 13.8 Å². The highest BCUT2D eigenvalue weighted by Crippen LogP contribution is 2.35. The first-order valence-electron chi connectivity index (χ1n) is 11.7. The summed E-state index contributed by atoms with van der Waals surface area (Å²) in [6.07, 6.45) is 5.08. The minimum atomic E-state index is -4.01. The smallest absolute Gasteiger partial charge is 0.264 e. The molecule has 2 aromatic carbocycles. The molecule has 9 nitrogen and oxygen atoms in total. The van der Waals surface area contributed by atoms with Crippen LogP contribution in [0.1, 0.15) is 48.2 Å². The van der Waals surface area contributed by atoms with Crippen molar-refractivity contribution in [1.29, 1.82) is 0 Å². The monoisotopic (exact) mass is 518 g/mol. The molecule has 37 heavy (non-hydrogen) atoms. The van der Waals surface area contributed by atoms with Gasteiger partial charge in [0.05, 0.1) is 22.5 Å². The van der Waals surface area contributed by atoms with Gasteiger partial charge in [-0.2, -0.15) is 0 Å². The van der Waals surface area contributed by atoms with E-state index in [-0.39, 0.29) is 16.7 Å². The number of nitrogens with zero attached hydrogens (tertiary/aromatic N) is 3. The van der Waals surface area contributed by atoms with Gasteiger partial charge in [-0.25, -0.2) is 23.1 Å². The van der Waals surface area contributed by atoms with Crippen LogP contribution in [0.2, 0.25) is 0 Å². The molecule has 190 valence electrons. The van der Waals surface area contributed by atoms with Gasteiger partial charge in [-0.1, -0.05) is 43.3 Å². The molecule has 0 saturated carbocycles. The van der Waals surface area contributed by atoms with Crippen molar-refractivity contribution in [2.75, 3.05) is 4.72 Å². The molecule has 0 atom stereocenters. The molecule has 3 heterocycles. The van der Waals surface area contributed by atoms with Gasteiger partial charge in [0.1, 0.15) is 12.5 Å². The minimum absolute atomic E-state index is 0.0905. The van der Waals surface area contributed by atoms with E-state index in [0.717, 1.165) is 16.8 Å². The maximum atomic E-state index is 13.5. The van der Waals surface area contributed by atoms with E-state index in [1.807, 2.05) is 32.0 Å². The Morgan fingerprint density at radius 1 is 1.03 bits per heavy atom. The normalized spacial score (nSPS) is 11.8. The van der Waals surface area contributed by atoms with Crippen molar-refractivity contribution < 1.29 is 21.8 Å². The van der Waals surface area contributed by atoms with Gasteiger partial charge in [-0.05, 0) is 49.1 Å². The van der Waals surface area contributed by atoms with Crippen LogP contribution < -0.4 is 4.72 Å². The first-order chi connectivity index (χ1) is 17.7. The molecule has 0 fully saturated rings. The van der Waals surface area contributed by atoms with E-state index in [1.54, 1.807) is 50.6 Å². The third-order valence-electron chi connectivity index (χ3n) is 6.14. The Labute approximate surface area is 214 Å². The molecule has 0 aliphatic heterocycles. The molecule has 5 aromatic rings. The Bertz CT molecular complexity index is 1650. The highest BCUT2D eigenvalue weighted by molar-refractivity contribution is 7.92. The summed E-state index contributed by atoms with van der Waals surface area (Å²) >= 11 is 0. The number of nitrogens with one attached hydrogen (secondary N) is 1. The van der Waals surface area contributed by atoms with Crippen LogP contribution in [-0.4, -0.2) is 23.5 Å². The van der Waals surface area contributed by atoms with Crippen LogP contribution >= 0.6 is 0 Å². The van der Waals surface area contributed by atoms with Crippen molar-refractivity contribution in [3.05, 3.63) is 89.6 Å². The second-order valence-corrected chi connectivity index (χ2v) is 10.7. The van der Waals surface area contributed by atoms with Crippen LogP contribution in [0.5, 0.6) is 0 Å². The van der Waals surface area contributed by atoms with Crippen LogP contribution in [0.25, 0.3) is 22.6 Å². The molecule has 0 radical (unpaired) electrons. The predicted octanol–water partition coefficient (Wildman–Crippen LogP) is 6.12. The van der Waals surface area contributed by atoms with Gasteiger partial charge < -0.3 is 13.4 Å². The van der Waals surface area contributed by atoms with Crippen LogP contribution in [-0.2, 0) is 16.4 Å². The number of aromatic nitrogens is 3. The van der Waals surface area contributed by atoms with Crippen LogP contribution in [0.3, 0.4) is 0 Å². The second kappa shape index (κ2) is 9.70. The molecule has 3 aromatic heterocycles. The zero-order valence-electron chi connectivity index (χ0n) is 20.8. The number of sulfonamides is 1. The summed E-state index contributed by atoms with van der Waals surface area (Å²) in [5.41, 5.74) is 4.89. The lowest BCUT2D eigenvalue weighted by Crippen LogP contribution is -2.14. The summed E-state index contributed by atoms with van der Waals surface area (Å²) in [7, 11) is -4.01. The molecular formula is C27H26N4O5S. The highest BCUT2D eigenvalue weighted by Gasteiger charge is 2.24. The average molecular weight is 519 g/mol. The zero-order valence-corrected chi connectivity index (χ0v) is 21.7. The Morgan fingerprint density at radius 3 is 2.51 bits per heavy atom. The predicted molar refractivity (Wildman–Crippen MR) is 138 cm³/mol. The van der Waals surface area contributed by atoms with Crippen molar-refractivity contribution in [2.24, 2.45) is 0 Å². The summed E-state index contributed by atoms with van der Waals surface area (Å²) in [5, 5.41) is 3.85. The fourth-order valence-electron chi connectivity index (χ4n) is 3.95. The molecule has 10 heteroatoms. The van der Waals surface area contributed by atoms with Crippen molar-refractivity contribution in [1.82, 2.24) is 15.1 Å². The van der Waals surface area contributed by atoms with Gasteiger partial charge in [0.15, 0.2) is 5.89 Å². The Balaban J connectivity index is 1.61. The first kappa shape index (κ1) is 24.5. The Morgan fingerprint density at radius 2 is 1.84 bits per heavy atom. The molecule has 1 N–H and O–H groups in total. The number of oxazole rings is 2. The molecule has 0 unspecified atom stereocenters. The summed E-state index contributed by atoms with van der Waals surface area (Å²) in [4.78, 5) is 8.97. The summed E-state index contributed by atoms with van der Waals surface area (Å²) < 4.78 is 46.0. The lowest BCUT2D eigenvalue weighted by atomic mass is 9.95. The van der Waals surface area contributed by atoms with Crippen molar-refractivity contribution in [3.63, 3.8) is 0 Å². The molecule has 0 saturated heterocycles. The first-order valence-corrected chi connectivity index (χ1v) is 13.2. The van der Waals surface area contributed by atoms with Gasteiger partial charge in [-0.3, -0.25) is 0 Å². The fourth-order valence-corrected chi connectivity index (χ4v) is 5.22. The van der Waals surface area contributed by atoms with Crippen LogP contribution in [0.4, 0.5) is 5.88 Å². The summed E-state index contributed by atoms with van der Waals surface area (Å²) in [6, 6.07) is 12.4. The van der Waals surface area contributed by atoms with E-state index in [4.69, 9.17) is 13.4 Å². The van der Waals surface area contributed by atoms with Crippen molar-refractivity contribution in [3.8, 4) is 22.6 Å². The van der Waals surface area contributed by atoms with E-state index >= 15 is 0 Å². The quantitative estimate of drug-likeness (QED) is 0.261. The molecule has 5 rings (SSSR count). The number of hydrogen-bond donors (Lipinski definition) is 1. The molecule has 0 aliphatic rings. The van der Waals surface area contributed by atoms with E-state index in [1.165, 1.54) is 6.26 Å². The maximum absolute atomic E-state index is 13.5. The highest BCUT2D eigenvalue weighted by atomic mass is 32.2. The lowest BCUT2D eigenvalue weighted by Gasteiger charge is -2.15. The van der Waals surface area contributed by atoms with Gasteiger partial charge >= 0.3 is 0 Å².